The summed E-state index contributed by atoms with van der Waals surface area (Å²) in [5, 5.41) is 20.3. The first kappa shape index (κ1) is 21.1. The predicted molar refractivity (Wildman–Crippen MR) is 118 cm³/mol. The zero-order chi connectivity index (χ0) is 21.9. The van der Waals surface area contributed by atoms with E-state index in [-0.39, 0.29) is 23.5 Å². The summed E-state index contributed by atoms with van der Waals surface area (Å²) in [5.41, 5.74) is 1.10. The SMILES string of the molecule is C=C(C)C(=O)CC[C@@]1(C)C=Cc2c(cc(C=Cc3ccccc3)c(C(=O)O)c2O)O1. The van der Waals surface area contributed by atoms with Crippen molar-refractivity contribution < 1.29 is 24.5 Å². The van der Waals surface area contributed by atoms with Gasteiger partial charge in [0.1, 0.15) is 22.7 Å². The van der Waals surface area contributed by atoms with Gasteiger partial charge >= 0.3 is 5.97 Å². The Morgan fingerprint density at radius 2 is 1.90 bits per heavy atom. The topological polar surface area (TPSA) is 83.8 Å². The van der Waals surface area contributed by atoms with Gasteiger partial charge in [-0.15, -0.1) is 0 Å². The van der Waals surface area contributed by atoms with E-state index in [0.717, 1.165) is 5.56 Å². The van der Waals surface area contributed by atoms with Crippen LogP contribution in [-0.2, 0) is 4.79 Å². The molecule has 3 rings (SSSR count). The van der Waals surface area contributed by atoms with Crippen LogP contribution in [0.5, 0.6) is 11.5 Å². The highest BCUT2D eigenvalue weighted by Gasteiger charge is 2.31. The molecule has 1 heterocycles. The average molecular weight is 404 g/mol. The van der Waals surface area contributed by atoms with Gasteiger partial charge in [-0.1, -0.05) is 49.1 Å². The first-order valence-electron chi connectivity index (χ1n) is 9.63. The first-order chi connectivity index (χ1) is 14.2. The van der Waals surface area contributed by atoms with Crippen LogP contribution in [0.2, 0.25) is 0 Å². The molecule has 2 aromatic carbocycles. The number of aromatic hydroxyl groups is 1. The monoisotopic (exact) mass is 404 g/mol. The number of allylic oxidation sites excluding steroid dienone is 1. The highest BCUT2D eigenvalue weighted by Crippen LogP contribution is 2.42. The Hall–Kier alpha value is -3.60. The minimum Gasteiger partial charge on any atom is -0.506 e. The van der Waals surface area contributed by atoms with Crippen LogP contribution in [0.15, 0.2) is 54.6 Å². The second-order valence-electron chi connectivity index (χ2n) is 7.60. The van der Waals surface area contributed by atoms with Gasteiger partial charge in [0.2, 0.25) is 0 Å². The van der Waals surface area contributed by atoms with Crippen molar-refractivity contribution in [3.63, 3.8) is 0 Å². The fourth-order valence-corrected chi connectivity index (χ4v) is 3.29. The first-order valence-corrected chi connectivity index (χ1v) is 9.63. The molecule has 2 N–H and O–H groups in total. The van der Waals surface area contributed by atoms with E-state index in [1.54, 1.807) is 37.3 Å². The number of carbonyl (C=O) groups excluding carboxylic acids is 1. The number of phenols is 1. The van der Waals surface area contributed by atoms with Crippen LogP contribution in [0.1, 0.15) is 53.7 Å². The maximum absolute atomic E-state index is 11.9. The summed E-state index contributed by atoms with van der Waals surface area (Å²) in [6, 6.07) is 11.1. The molecule has 154 valence electrons. The Kier molecular flexibility index (Phi) is 5.92. The smallest absolute Gasteiger partial charge is 0.340 e. The quantitative estimate of drug-likeness (QED) is 0.480. The lowest BCUT2D eigenvalue weighted by atomic mass is 9.91. The molecule has 0 fully saturated rings. The molecule has 0 aromatic heterocycles. The van der Waals surface area contributed by atoms with E-state index in [0.29, 0.717) is 28.9 Å². The third-order valence-corrected chi connectivity index (χ3v) is 5.07. The molecule has 5 heteroatoms. The van der Waals surface area contributed by atoms with Crippen molar-refractivity contribution in [1.29, 1.82) is 0 Å². The third-order valence-electron chi connectivity index (χ3n) is 5.07. The average Bonchev–Trinajstić information content (AvgIpc) is 2.70. The molecular formula is C25H24O5. The van der Waals surface area contributed by atoms with Gasteiger partial charge in [-0.05, 0) is 55.2 Å². The van der Waals surface area contributed by atoms with Gasteiger partial charge in [-0.2, -0.15) is 0 Å². The molecule has 0 saturated heterocycles. The van der Waals surface area contributed by atoms with E-state index in [2.05, 4.69) is 6.58 Å². The van der Waals surface area contributed by atoms with E-state index in [1.807, 2.05) is 37.3 Å². The van der Waals surface area contributed by atoms with Crippen molar-refractivity contribution in [2.24, 2.45) is 0 Å². The van der Waals surface area contributed by atoms with Gasteiger partial charge in [-0.25, -0.2) is 4.79 Å². The Bertz CT molecular complexity index is 1060. The number of rotatable bonds is 7. The van der Waals surface area contributed by atoms with Crippen LogP contribution < -0.4 is 4.74 Å². The normalized spacial score (nSPS) is 17.4. The highest BCUT2D eigenvalue weighted by atomic mass is 16.5. The number of ether oxygens (including phenoxy) is 1. The fourth-order valence-electron chi connectivity index (χ4n) is 3.29. The molecule has 1 atom stereocenters. The van der Waals surface area contributed by atoms with Crippen LogP contribution >= 0.6 is 0 Å². The fraction of sp³-hybridized carbons (Fsp3) is 0.200. The van der Waals surface area contributed by atoms with Gasteiger partial charge in [0.25, 0.3) is 0 Å². The Labute approximate surface area is 175 Å². The molecule has 5 nitrogen and oxygen atoms in total. The van der Waals surface area contributed by atoms with Gasteiger partial charge in [0.05, 0.1) is 5.56 Å². The molecule has 0 aliphatic carbocycles. The van der Waals surface area contributed by atoms with E-state index in [4.69, 9.17) is 4.74 Å². The van der Waals surface area contributed by atoms with E-state index < -0.39 is 11.6 Å². The van der Waals surface area contributed by atoms with Crippen molar-refractivity contribution in [3.8, 4) is 11.5 Å². The van der Waals surface area contributed by atoms with E-state index in [9.17, 15) is 19.8 Å². The number of carboxylic acid groups (broad SMARTS) is 1. The molecule has 0 radical (unpaired) electrons. The number of fused-ring (bicyclic) bond motifs is 1. The van der Waals surface area contributed by atoms with Gasteiger partial charge < -0.3 is 14.9 Å². The molecular weight excluding hydrogens is 380 g/mol. The molecule has 0 saturated carbocycles. The van der Waals surface area contributed by atoms with Crippen LogP contribution in [-0.4, -0.2) is 27.6 Å². The van der Waals surface area contributed by atoms with Crippen molar-refractivity contribution in [3.05, 3.63) is 76.9 Å². The molecule has 30 heavy (non-hydrogen) atoms. The third kappa shape index (κ3) is 4.51. The highest BCUT2D eigenvalue weighted by molar-refractivity contribution is 5.99. The van der Waals surface area contributed by atoms with Crippen LogP contribution in [0.3, 0.4) is 0 Å². The number of carbonyl (C=O) groups is 2. The van der Waals surface area contributed by atoms with Crippen molar-refractivity contribution in [1.82, 2.24) is 0 Å². The largest absolute Gasteiger partial charge is 0.506 e. The van der Waals surface area contributed by atoms with Crippen molar-refractivity contribution in [2.75, 3.05) is 0 Å². The zero-order valence-electron chi connectivity index (χ0n) is 17.0. The number of Topliss-reactive ketones (excluding diaryl/α,β-unsaturated/α-hetero) is 1. The summed E-state index contributed by atoms with van der Waals surface area (Å²) >= 11 is 0. The van der Waals surface area contributed by atoms with Crippen molar-refractivity contribution in [2.45, 2.75) is 32.3 Å². The van der Waals surface area contributed by atoms with E-state index >= 15 is 0 Å². The maximum atomic E-state index is 11.9. The van der Waals surface area contributed by atoms with Crippen LogP contribution in [0.4, 0.5) is 0 Å². The molecule has 2 aromatic rings. The molecule has 0 unspecified atom stereocenters. The van der Waals surface area contributed by atoms with Gasteiger partial charge in [0.15, 0.2) is 5.78 Å². The summed E-state index contributed by atoms with van der Waals surface area (Å²) in [4.78, 5) is 23.7. The Morgan fingerprint density at radius 3 is 2.53 bits per heavy atom. The summed E-state index contributed by atoms with van der Waals surface area (Å²) in [5.74, 6) is -1.23. The lowest BCUT2D eigenvalue weighted by Gasteiger charge is -2.32. The predicted octanol–water partition coefficient (Wildman–Crippen LogP) is 5.35. The number of aromatic carboxylic acids is 1. The minimum atomic E-state index is -1.23. The summed E-state index contributed by atoms with van der Waals surface area (Å²) < 4.78 is 6.10. The van der Waals surface area contributed by atoms with Crippen LogP contribution in [0.25, 0.3) is 18.2 Å². The van der Waals surface area contributed by atoms with E-state index in [1.165, 1.54) is 0 Å². The van der Waals surface area contributed by atoms with Crippen molar-refractivity contribution >= 4 is 30.0 Å². The summed E-state index contributed by atoms with van der Waals surface area (Å²) in [7, 11) is 0. The Balaban J connectivity index is 1.97. The second-order valence-corrected chi connectivity index (χ2v) is 7.60. The zero-order valence-corrected chi connectivity index (χ0v) is 17.0. The number of ketones is 1. The lowest BCUT2D eigenvalue weighted by molar-refractivity contribution is -0.116. The number of carboxylic acids is 1. The Morgan fingerprint density at radius 1 is 1.20 bits per heavy atom. The lowest BCUT2D eigenvalue weighted by Crippen LogP contribution is -2.32. The number of benzene rings is 2. The molecule has 1 aliphatic rings. The summed E-state index contributed by atoms with van der Waals surface area (Å²) in [6.45, 7) is 7.19. The summed E-state index contributed by atoms with van der Waals surface area (Å²) in [6.07, 6.45) is 7.53. The molecule has 0 spiro atoms. The number of hydrogen-bond acceptors (Lipinski definition) is 4. The maximum Gasteiger partial charge on any atom is 0.340 e. The molecule has 1 aliphatic heterocycles. The van der Waals surface area contributed by atoms with Crippen LogP contribution in [0, 0.1) is 0 Å². The standard InChI is InChI=1S/C25H24O5/c1-16(2)20(26)12-14-25(3)13-11-19-21(30-25)15-18(22(23(19)27)24(28)29)10-9-17-7-5-4-6-8-17/h4-11,13,15,27H,1,12,14H2,2-3H3,(H,28,29)/t25-/m1/s1. The minimum absolute atomic E-state index is 0.0328. The molecule has 0 bridgehead atoms. The number of hydrogen-bond donors (Lipinski definition) is 2. The second kappa shape index (κ2) is 8.41. The van der Waals surface area contributed by atoms with Gasteiger partial charge in [0, 0.05) is 6.42 Å². The molecule has 0 amide bonds. The van der Waals surface area contributed by atoms with Gasteiger partial charge in [-0.3, -0.25) is 4.79 Å².